The average Bonchev–Trinajstić information content (AvgIpc) is 3.04. The molecule has 2 atom stereocenters. The van der Waals surface area contributed by atoms with Crippen LogP contribution < -0.4 is 5.32 Å². The molecule has 2 amide bonds. The number of furan rings is 1. The standard InChI is InChI=1S/C14H12N2O5S/c1-2-7-6-22-13-9(12(18)16(13)10(7)14(19)20)15-11(17)8-4-3-5-21-8/h2-5,9,13H,1,6H2,(H,15,17)(H,19,20)/t9-,13-/m1/s1. The van der Waals surface area contributed by atoms with Crippen molar-refractivity contribution >= 4 is 29.5 Å². The van der Waals surface area contributed by atoms with Crippen LogP contribution in [0.1, 0.15) is 10.6 Å². The Morgan fingerprint density at radius 3 is 2.91 bits per heavy atom. The van der Waals surface area contributed by atoms with Gasteiger partial charge in [-0.05, 0) is 17.7 Å². The fourth-order valence-corrected chi connectivity index (χ4v) is 3.76. The molecule has 3 rings (SSSR count). The first-order valence-electron chi connectivity index (χ1n) is 6.42. The van der Waals surface area contributed by atoms with E-state index in [2.05, 4.69) is 11.9 Å². The number of carboxylic acid groups (broad SMARTS) is 1. The van der Waals surface area contributed by atoms with Gasteiger partial charge >= 0.3 is 5.97 Å². The van der Waals surface area contributed by atoms with Crippen molar-refractivity contribution in [1.82, 2.24) is 10.2 Å². The van der Waals surface area contributed by atoms with Crippen LogP contribution >= 0.6 is 11.8 Å². The third kappa shape index (κ3) is 2.12. The molecule has 3 heterocycles. The van der Waals surface area contributed by atoms with E-state index in [1.807, 2.05) is 0 Å². The fourth-order valence-electron chi connectivity index (χ4n) is 2.42. The van der Waals surface area contributed by atoms with Crippen molar-refractivity contribution in [3.63, 3.8) is 0 Å². The molecule has 8 heteroatoms. The summed E-state index contributed by atoms with van der Waals surface area (Å²) in [7, 11) is 0. The second-order valence-electron chi connectivity index (χ2n) is 4.72. The van der Waals surface area contributed by atoms with E-state index < -0.39 is 29.2 Å². The first kappa shape index (κ1) is 14.5. The molecule has 2 N–H and O–H groups in total. The van der Waals surface area contributed by atoms with Crippen LogP contribution in [-0.2, 0) is 9.59 Å². The normalized spacial score (nSPS) is 23.6. The Balaban J connectivity index is 1.79. The minimum Gasteiger partial charge on any atom is -0.477 e. The molecule has 0 unspecified atom stereocenters. The molecule has 1 aromatic heterocycles. The van der Waals surface area contributed by atoms with Gasteiger partial charge in [-0.15, -0.1) is 11.8 Å². The van der Waals surface area contributed by atoms with Crippen LogP contribution in [0, 0.1) is 0 Å². The monoisotopic (exact) mass is 320 g/mol. The summed E-state index contributed by atoms with van der Waals surface area (Å²) in [5.41, 5.74) is 0.435. The highest BCUT2D eigenvalue weighted by Gasteiger charge is 2.54. The van der Waals surface area contributed by atoms with Gasteiger partial charge in [-0.2, -0.15) is 0 Å². The number of carboxylic acids is 1. The number of thioether (sulfide) groups is 1. The smallest absolute Gasteiger partial charge is 0.352 e. The molecule has 2 aliphatic heterocycles. The number of carbonyl (C=O) groups excluding carboxylic acids is 2. The molecular weight excluding hydrogens is 308 g/mol. The lowest BCUT2D eigenvalue weighted by Gasteiger charge is -2.49. The zero-order valence-corrected chi connectivity index (χ0v) is 12.1. The summed E-state index contributed by atoms with van der Waals surface area (Å²) in [6.45, 7) is 3.57. The Hall–Kier alpha value is -2.48. The number of allylic oxidation sites excluding steroid dienone is 1. The van der Waals surface area contributed by atoms with Crippen LogP contribution in [0.3, 0.4) is 0 Å². The van der Waals surface area contributed by atoms with Gasteiger partial charge in [0.1, 0.15) is 17.1 Å². The van der Waals surface area contributed by atoms with E-state index in [1.54, 1.807) is 6.07 Å². The van der Waals surface area contributed by atoms with Crippen LogP contribution in [0.2, 0.25) is 0 Å². The van der Waals surface area contributed by atoms with Gasteiger partial charge in [-0.3, -0.25) is 14.5 Å². The third-order valence-corrected chi connectivity index (χ3v) is 4.78. The Morgan fingerprint density at radius 1 is 1.55 bits per heavy atom. The van der Waals surface area contributed by atoms with Crippen LogP contribution in [0.25, 0.3) is 0 Å². The van der Waals surface area contributed by atoms with Crippen LogP contribution in [0.15, 0.2) is 46.7 Å². The van der Waals surface area contributed by atoms with Crippen molar-refractivity contribution in [2.45, 2.75) is 11.4 Å². The van der Waals surface area contributed by atoms with E-state index in [4.69, 9.17) is 4.42 Å². The quantitative estimate of drug-likeness (QED) is 0.797. The molecule has 7 nitrogen and oxygen atoms in total. The Labute approximate surface area is 129 Å². The maximum absolute atomic E-state index is 12.2. The number of hydrogen-bond donors (Lipinski definition) is 2. The predicted molar refractivity (Wildman–Crippen MR) is 77.9 cm³/mol. The molecule has 1 saturated heterocycles. The van der Waals surface area contributed by atoms with Gasteiger partial charge in [0.15, 0.2) is 5.76 Å². The molecule has 0 spiro atoms. The zero-order valence-electron chi connectivity index (χ0n) is 11.3. The molecule has 0 radical (unpaired) electrons. The van der Waals surface area contributed by atoms with Crippen molar-refractivity contribution in [2.75, 3.05) is 5.75 Å². The third-order valence-electron chi connectivity index (χ3n) is 3.48. The highest BCUT2D eigenvalue weighted by Crippen LogP contribution is 2.40. The molecule has 1 aromatic rings. The maximum Gasteiger partial charge on any atom is 0.352 e. The zero-order chi connectivity index (χ0) is 15.9. The molecule has 2 aliphatic rings. The van der Waals surface area contributed by atoms with E-state index in [0.29, 0.717) is 11.3 Å². The van der Waals surface area contributed by atoms with Crippen molar-refractivity contribution in [2.24, 2.45) is 0 Å². The van der Waals surface area contributed by atoms with Gasteiger partial charge in [0.2, 0.25) is 0 Å². The minimum atomic E-state index is -1.18. The molecule has 1 fully saturated rings. The van der Waals surface area contributed by atoms with Gasteiger partial charge < -0.3 is 14.8 Å². The van der Waals surface area contributed by atoms with E-state index in [0.717, 1.165) is 0 Å². The predicted octanol–water partition coefficient (Wildman–Crippen LogP) is 0.818. The maximum atomic E-state index is 12.2. The number of nitrogens with one attached hydrogen (secondary N) is 1. The molecule has 0 bridgehead atoms. The lowest BCUT2D eigenvalue weighted by Crippen LogP contribution is -2.70. The summed E-state index contributed by atoms with van der Waals surface area (Å²) in [5.74, 6) is -1.60. The second-order valence-corrected chi connectivity index (χ2v) is 5.83. The number of fused-ring (bicyclic) bond motifs is 1. The summed E-state index contributed by atoms with van der Waals surface area (Å²) in [4.78, 5) is 36.7. The van der Waals surface area contributed by atoms with Gasteiger partial charge in [0, 0.05) is 5.75 Å². The molecule has 0 aliphatic carbocycles. The molecule has 114 valence electrons. The fraction of sp³-hybridized carbons (Fsp3) is 0.214. The number of amides is 2. The van der Waals surface area contributed by atoms with Crippen molar-refractivity contribution in [3.8, 4) is 0 Å². The number of rotatable bonds is 4. The SMILES string of the molecule is C=CC1=C(C(=O)O)N2C(=O)[C@@H](NC(=O)c3ccco3)[C@H]2SC1. The molecule has 0 aromatic carbocycles. The number of aliphatic carboxylic acids is 1. The Morgan fingerprint density at radius 2 is 2.32 bits per heavy atom. The highest BCUT2D eigenvalue weighted by molar-refractivity contribution is 8.00. The topological polar surface area (TPSA) is 99.9 Å². The van der Waals surface area contributed by atoms with Crippen LogP contribution in [-0.4, -0.2) is 45.0 Å². The number of nitrogens with zero attached hydrogens (tertiary/aromatic N) is 1. The van der Waals surface area contributed by atoms with Gasteiger partial charge in [0.25, 0.3) is 11.8 Å². The summed E-state index contributed by atoms with van der Waals surface area (Å²) < 4.78 is 4.97. The summed E-state index contributed by atoms with van der Waals surface area (Å²) in [5, 5.41) is 11.4. The van der Waals surface area contributed by atoms with Gasteiger partial charge in [-0.25, -0.2) is 4.79 Å². The number of carbonyl (C=O) groups is 3. The molecule has 0 saturated carbocycles. The Bertz CT molecular complexity index is 694. The lowest BCUT2D eigenvalue weighted by atomic mass is 10.0. The molecule has 22 heavy (non-hydrogen) atoms. The van der Waals surface area contributed by atoms with Crippen molar-refractivity contribution in [3.05, 3.63) is 48.1 Å². The number of hydrogen-bond acceptors (Lipinski definition) is 5. The number of β-lactam (4-membered cyclic amide) rings is 1. The Kier molecular flexibility index (Phi) is 3.53. The largest absolute Gasteiger partial charge is 0.477 e. The summed E-state index contributed by atoms with van der Waals surface area (Å²) in [6.07, 6.45) is 2.80. The van der Waals surface area contributed by atoms with E-state index in [9.17, 15) is 19.5 Å². The van der Waals surface area contributed by atoms with Crippen LogP contribution in [0.4, 0.5) is 0 Å². The highest BCUT2D eigenvalue weighted by atomic mass is 32.2. The molecular formula is C14H12N2O5S. The van der Waals surface area contributed by atoms with Crippen molar-refractivity contribution in [1.29, 1.82) is 0 Å². The lowest BCUT2D eigenvalue weighted by molar-refractivity contribution is -0.148. The second kappa shape index (κ2) is 5.38. The van der Waals surface area contributed by atoms with Gasteiger partial charge in [0.05, 0.1) is 6.26 Å². The summed E-state index contributed by atoms with van der Waals surface area (Å²) >= 11 is 1.39. The van der Waals surface area contributed by atoms with Crippen LogP contribution in [0.5, 0.6) is 0 Å². The minimum absolute atomic E-state index is 0.0627. The van der Waals surface area contributed by atoms with Gasteiger partial charge in [-0.1, -0.05) is 12.7 Å². The van der Waals surface area contributed by atoms with E-state index in [1.165, 1.54) is 35.1 Å². The van der Waals surface area contributed by atoms with Crippen molar-refractivity contribution < 1.29 is 23.9 Å². The van der Waals surface area contributed by atoms with E-state index in [-0.39, 0.29) is 11.5 Å². The van der Waals surface area contributed by atoms with E-state index >= 15 is 0 Å². The first-order chi connectivity index (χ1) is 10.5. The first-order valence-corrected chi connectivity index (χ1v) is 7.47. The summed E-state index contributed by atoms with van der Waals surface area (Å²) in [6, 6.07) is 2.30. The average molecular weight is 320 g/mol.